The molecular formula is C14H23N3O2. The summed E-state index contributed by atoms with van der Waals surface area (Å²) in [6.45, 7) is 8.09. The summed E-state index contributed by atoms with van der Waals surface area (Å²) in [5.41, 5.74) is 7.10. The molecule has 19 heavy (non-hydrogen) atoms. The highest BCUT2D eigenvalue weighted by atomic mass is 16.4. The maximum Gasteiger partial charge on any atom is 0.337 e. The third kappa shape index (κ3) is 4.79. The highest BCUT2D eigenvalue weighted by molar-refractivity contribution is 5.95. The van der Waals surface area contributed by atoms with Gasteiger partial charge in [0.2, 0.25) is 0 Å². The summed E-state index contributed by atoms with van der Waals surface area (Å²) in [5.74, 6) is -0.939. The van der Waals surface area contributed by atoms with Crippen LogP contribution in [-0.4, -0.2) is 42.2 Å². The fraction of sp³-hybridized carbons (Fsp3) is 0.500. The van der Waals surface area contributed by atoms with Gasteiger partial charge in [0.15, 0.2) is 0 Å². The summed E-state index contributed by atoms with van der Waals surface area (Å²) >= 11 is 0. The highest BCUT2D eigenvalue weighted by Gasteiger charge is 2.09. The molecule has 0 aromatic heterocycles. The maximum absolute atomic E-state index is 11.1. The molecule has 0 unspecified atom stereocenters. The third-order valence-electron chi connectivity index (χ3n) is 3.14. The molecule has 0 spiro atoms. The molecule has 1 aromatic rings. The second-order valence-corrected chi connectivity index (χ2v) is 4.42. The summed E-state index contributed by atoms with van der Waals surface area (Å²) in [4.78, 5) is 13.4. The molecule has 1 rings (SSSR count). The molecule has 0 radical (unpaired) electrons. The van der Waals surface area contributed by atoms with Crippen molar-refractivity contribution in [1.82, 2.24) is 4.90 Å². The van der Waals surface area contributed by atoms with E-state index in [0.29, 0.717) is 11.4 Å². The van der Waals surface area contributed by atoms with E-state index in [1.165, 1.54) is 6.07 Å². The number of nitrogens with zero attached hydrogens (tertiary/aromatic N) is 1. The van der Waals surface area contributed by atoms with Crippen LogP contribution < -0.4 is 11.1 Å². The first-order chi connectivity index (χ1) is 9.08. The molecule has 0 amide bonds. The van der Waals surface area contributed by atoms with E-state index >= 15 is 0 Å². The standard InChI is InChI=1S/C14H23N3O2/c1-3-17(4-2)9-5-8-16-13-10-11(15)6-7-12(13)14(18)19/h6-7,10,16H,3-5,8-9,15H2,1-2H3,(H,18,19). The number of carbonyl (C=O) groups is 1. The van der Waals surface area contributed by atoms with Crippen molar-refractivity contribution < 1.29 is 9.90 Å². The average Bonchev–Trinajstić information content (AvgIpc) is 2.38. The minimum Gasteiger partial charge on any atom is -0.478 e. The highest BCUT2D eigenvalue weighted by Crippen LogP contribution is 2.19. The van der Waals surface area contributed by atoms with Crippen molar-refractivity contribution in [3.63, 3.8) is 0 Å². The Hall–Kier alpha value is -1.75. The summed E-state index contributed by atoms with van der Waals surface area (Å²) in [7, 11) is 0. The van der Waals surface area contributed by atoms with Crippen LogP contribution in [0.5, 0.6) is 0 Å². The first-order valence-corrected chi connectivity index (χ1v) is 6.67. The Morgan fingerprint density at radius 2 is 2.05 bits per heavy atom. The van der Waals surface area contributed by atoms with E-state index in [-0.39, 0.29) is 5.56 Å². The van der Waals surface area contributed by atoms with Gasteiger partial charge in [0, 0.05) is 12.2 Å². The smallest absolute Gasteiger partial charge is 0.337 e. The Balaban J connectivity index is 2.53. The lowest BCUT2D eigenvalue weighted by Crippen LogP contribution is -2.25. The molecule has 106 valence electrons. The van der Waals surface area contributed by atoms with Gasteiger partial charge in [-0.3, -0.25) is 0 Å². The second kappa shape index (κ2) is 7.63. The molecule has 0 aliphatic heterocycles. The second-order valence-electron chi connectivity index (χ2n) is 4.42. The van der Waals surface area contributed by atoms with E-state index in [4.69, 9.17) is 10.8 Å². The van der Waals surface area contributed by atoms with Crippen LogP contribution in [0.4, 0.5) is 11.4 Å². The molecule has 0 bridgehead atoms. The van der Waals surface area contributed by atoms with Crippen molar-refractivity contribution in [1.29, 1.82) is 0 Å². The lowest BCUT2D eigenvalue weighted by atomic mass is 10.1. The van der Waals surface area contributed by atoms with E-state index in [9.17, 15) is 4.79 Å². The summed E-state index contributed by atoms with van der Waals surface area (Å²) in [6, 6.07) is 4.80. The molecule has 1 aromatic carbocycles. The van der Waals surface area contributed by atoms with Crippen LogP contribution in [0.15, 0.2) is 18.2 Å². The fourth-order valence-electron chi connectivity index (χ4n) is 1.96. The Kier molecular flexibility index (Phi) is 6.15. The Morgan fingerprint density at radius 3 is 2.63 bits per heavy atom. The number of carboxylic acids is 1. The van der Waals surface area contributed by atoms with E-state index in [1.54, 1.807) is 12.1 Å². The third-order valence-corrected chi connectivity index (χ3v) is 3.14. The van der Waals surface area contributed by atoms with Gasteiger partial charge in [-0.25, -0.2) is 4.79 Å². The van der Waals surface area contributed by atoms with Crippen LogP contribution >= 0.6 is 0 Å². The van der Waals surface area contributed by atoms with E-state index in [0.717, 1.165) is 32.6 Å². The fourth-order valence-corrected chi connectivity index (χ4v) is 1.96. The van der Waals surface area contributed by atoms with E-state index < -0.39 is 5.97 Å². The van der Waals surface area contributed by atoms with Gasteiger partial charge < -0.3 is 21.1 Å². The number of anilines is 2. The predicted octanol–water partition coefficient (Wildman–Crippen LogP) is 2.11. The molecule has 0 fully saturated rings. The number of hydrogen-bond acceptors (Lipinski definition) is 4. The van der Waals surface area contributed by atoms with Crippen molar-refractivity contribution in [2.45, 2.75) is 20.3 Å². The number of nitrogens with one attached hydrogen (secondary N) is 1. The predicted molar refractivity (Wildman–Crippen MR) is 78.7 cm³/mol. The SMILES string of the molecule is CCN(CC)CCCNc1cc(N)ccc1C(=O)O. The van der Waals surface area contributed by atoms with Crippen LogP contribution in [0.3, 0.4) is 0 Å². The number of carboxylic acid groups (broad SMARTS) is 1. The van der Waals surface area contributed by atoms with Gasteiger partial charge in [-0.2, -0.15) is 0 Å². The number of nitrogens with two attached hydrogens (primary N) is 1. The molecule has 0 atom stereocenters. The van der Waals surface area contributed by atoms with Gasteiger partial charge in [0.05, 0.1) is 11.3 Å². The van der Waals surface area contributed by atoms with Gasteiger partial charge in [0.1, 0.15) is 0 Å². The molecule has 5 heteroatoms. The largest absolute Gasteiger partial charge is 0.478 e. The number of nitrogen functional groups attached to an aromatic ring is 1. The summed E-state index contributed by atoms with van der Waals surface area (Å²) in [5, 5.41) is 12.2. The van der Waals surface area contributed by atoms with E-state index in [2.05, 4.69) is 24.1 Å². The van der Waals surface area contributed by atoms with E-state index in [1.807, 2.05) is 0 Å². The number of hydrogen-bond donors (Lipinski definition) is 3. The normalized spacial score (nSPS) is 10.7. The average molecular weight is 265 g/mol. The lowest BCUT2D eigenvalue weighted by molar-refractivity contribution is 0.0698. The number of benzene rings is 1. The number of aromatic carboxylic acids is 1. The summed E-state index contributed by atoms with van der Waals surface area (Å²) in [6.07, 6.45) is 0.968. The molecular weight excluding hydrogens is 242 g/mol. The van der Waals surface area contributed by atoms with Crippen LogP contribution in [0.25, 0.3) is 0 Å². The summed E-state index contributed by atoms with van der Waals surface area (Å²) < 4.78 is 0. The molecule has 0 saturated heterocycles. The zero-order valence-corrected chi connectivity index (χ0v) is 11.6. The topological polar surface area (TPSA) is 78.6 Å². The van der Waals surface area contributed by atoms with Gasteiger partial charge >= 0.3 is 5.97 Å². The van der Waals surface area contributed by atoms with Crippen LogP contribution in [0, 0.1) is 0 Å². The minimum atomic E-state index is -0.939. The first-order valence-electron chi connectivity index (χ1n) is 6.67. The van der Waals surface area contributed by atoms with Crippen molar-refractivity contribution >= 4 is 17.3 Å². The zero-order valence-electron chi connectivity index (χ0n) is 11.6. The van der Waals surface area contributed by atoms with Gasteiger partial charge in [-0.1, -0.05) is 13.8 Å². The van der Waals surface area contributed by atoms with Crippen molar-refractivity contribution in [3.05, 3.63) is 23.8 Å². The quantitative estimate of drug-likeness (QED) is 0.495. The Morgan fingerprint density at radius 1 is 1.37 bits per heavy atom. The first kappa shape index (κ1) is 15.3. The molecule has 0 heterocycles. The Bertz CT molecular complexity index is 417. The van der Waals surface area contributed by atoms with Gasteiger partial charge in [-0.15, -0.1) is 0 Å². The minimum absolute atomic E-state index is 0.261. The molecule has 0 aliphatic carbocycles. The van der Waals surface area contributed by atoms with Crippen LogP contribution in [0.1, 0.15) is 30.6 Å². The van der Waals surface area contributed by atoms with Gasteiger partial charge in [0.25, 0.3) is 0 Å². The van der Waals surface area contributed by atoms with Crippen molar-refractivity contribution in [2.24, 2.45) is 0 Å². The van der Waals surface area contributed by atoms with Crippen molar-refractivity contribution in [2.75, 3.05) is 37.2 Å². The molecule has 5 nitrogen and oxygen atoms in total. The van der Waals surface area contributed by atoms with Crippen LogP contribution in [0.2, 0.25) is 0 Å². The van der Waals surface area contributed by atoms with Gasteiger partial charge in [-0.05, 0) is 44.3 Å². The monoisotopic (exact) mass is 265 g/mol. The zero-order chi connectivity index (χ0) is 14.3. The lowest BCUT2D eigenvalue weighted by Gasteiger charge is -2.18. The van der Waals surface area contributed by atoms with Crippen LogP contribution in [-0.2, 0) is 0 Å². The molecule has 4 N–H and O–H groups in total. The maximum atomic E-state index is 11.1. The van der Waals surface area contributed by atoms with Crippen molar-refractivity contribution in [3.8, 4) is 0 Å². The number of rotatable bonds is 8. The molecule has 0 aliphatic rings. The Labute approximate surface area is 114 Å². The molecule has 0 saturated carbocycles.